The van der Waals surface area contributed by atoms with Crippen molar-refractivity contribution in [2.24, 2.45) is 7.05 Å². The highest BCUT2D eigenvalue weighted by molar-refractivity contribution is 5.20. The van der Waals surface area contributed by atoms with Gasteiger partial charge in [-0.2, -0.15) is 0 Å². The molecule has 6 nitrogen and oxygen atoms in total. The SMILES string of the molecule is Cn1nnnc1NCCCNC1CC1. The van der Waals surface area contributed by atoms with Crippen LogP contribution in [0.2, 0.25) is 0 Å². The van der Waals surface area contributed by atoms with E-state index in [0.29, 0.717) is 0 Å². The molecular formula is C8H16N6. The van der Waals surface area contributed by atoms with Crippen molar-refractivity contribution in [2.45, 2.75) is 25.3 Å². The number of rotatable bonds is 6. The van der Waals surface area contributed by atoms with Crippen molar-refractivity contribution in [1.29, 1.82) is 0 Å². The van der Waals surface area contributed by atoms with E-state index in [4.69, 9.17) is 0 Å². The van der Waals surface area contributed by atoms with Gasteiger partial charge in [0, 0.05) is 19.6 Å². The maximum Gasteiger partial charge on any atom is 0.242 e. The molecule has 0 spiro atoms. The summed E-state index contributed by atoms with van der Waals surface area (Å²) in [6.07, 6.45) is 3.80. The summed E-state index contributed by atoms with van der Waals surface area (Å²) in [4.78, 5) is 0. The fourth-order valence-electron chi connectivity index (χ4n) is 1.26. The molecule has 1 fully saturated rings. The molecule has 0 unspecified atom stereocenters. The Labute approximate surface area is 83.1 Å². The van der Waals surface area contributed by atoms with Crippen LogP contribution in [0.1, 0.15) is 19.3 Å². The van der Waals surface area contributed by atoms with Crippen LogP contribution in [0.4, 0.5) is 5.95 Å². The Kier molecular flexibility index (Phi) is 2.93. The molecule has 1 heterocycles. The van der Waals surface area contributed by atoms with Gasteiger partial charge in [-0.3, -0.25) is 0 Å². The summed E-state index contributed by atoms with van der Waals surface area (Å²) in [5, 5.41) is 17.7. The molecule has 1 aliphatic rings. The molecule has 0 amide bonds. The number of tetrazole rings is 1. The van der Waals surface area contributed by atoms with Gasteiger partial charge in [0.2, 0.25) is 5.95 Å². The zero-order valence-electron chi connectivity index (χ0n) is 8.40. The van der Waals surface area contributed by atoms with Crippen LogP contribution in [0, 0.1) is 0 Å². The first kappa shape index (κ1) is 9.39. The summed E-state index contributed by atoms with van der Waals surface area (Å²) < 4.78 is 1.63. The fraction of sp³-hybridized carbons (Fsp3) is 0.875. The van der Waals surface area contributed by atoms with Crippen molar-refractivity contribution < 1.29 is 0 Å². The molecular weight excluding hydrogens is 180 g/mol. The van der Waals surface area contributed by atoms with E-state index in [-0.39, 0.29) is 0 Å². The Bertz CT molecular complexity index is 279. The lowest BCUT2D eigenvalue weighted by Crippen LogP contribution is -2.20. The molecule has 14 heavy (non-hydrogen) atoms. The Balaban J connectivity index is 1.56. The van der Waals surface area contributed by atoms with E-state index < -0.39 is 0 Å². The van der Waals surface area contributed by atoms with Gasteiger partial charge in [0.05, 0.1) is 0 Å². The second-order valence-corrected chi connectivity index (χ2v) is 3.63. The molecule has 0 aliphatic heterocycles. The highest BCUT2D eigenvalue weighted by atomic mass is 15.6. The number of aryl methyl sites for hydroxylation is 1. The maximum absolute atomic E-state index is 3.83. The Morgan fingerprint density at radius 1 is 1.43 bits per heavy atom. The lowest BCUT2D eigenvalue weighted by Gasteiger charge is -2.04. The summed E-state index contributed by atoms with van der Waals surface area (Å²) in [5.41, 5.74) is 0. The van der Waals surface area contributed by atoms with E-state index in [1.54, 1.807) is 4.68 Å². The molecule has 0 radical (unpaired) electrons. The third-order valence-corrected chi connectivity index (χ3v) is 2.27. The molecule has 78 valence electrons. The van der Waals surface area contributed by atoms with Gasteiger partial charge in [0.15, 0.2) is 0 Å². The van der Waals surface area contributed by atoms with Crippen LogP contribution >= 0.6 is 0 Å². The van der Waals surface area contributed by atoms with Gasteiger partial charge in [0.1, 0.15) is 0 Å². The third-order valence-electron chi connectivity index (χ3n) is 2.27. The summed E-state index contributed by atoms with van der Waals surface area (Å²) in [7, 11) is 1.82. The van der Waals surface area contributed by atoms with Crippen molar-refractivity contribution >= 4 is 5.95 Å². The summed E-state index contributed by atoms with van der Waals surface area (Å²) in [6.45, 7) is 1.98. The minimum Gasteiger partial charge on any atom is -0.353 e. The highest BCUT2D eigenvalue weighted by Crippen LogP contribution is 2.18. The summed E-state index contributed by atoms with van der Waals surface area (Å²) in [6, 6.07) is 0.798. The van der Waals surface area contributed by atoms with Gasteiger partial charge in [-0.05, 0) is 36.2 Å². The maximum atomic E-state index is 3.83. The number of nitrogens with one attached hydrogen (secondary N) is 2. The van der Waals surface area contributed by atoms with Crippen LogP contribution in [0.5, 0.6) is 0 Å². The third kappa shape index (κ3) is 2.66. The molecule has 0 saturated heterocycles. The minimum atomic E-state index is 0.733. The van der Waals surface area contributed by atoms with Crippen molar-refractivity contribution in [3.05, 3.63) is 0 Å². The van der Waals surface area contributed by atoms with Gasteiger partial charge < -0.3 is 10.6 Å². The number of hydrogen-bond acceptors (Lipinski definition) is 5. The molecule has 0 aromatic carbocycles. The summed E-state index contributed by atoms with van der Waals surface area (Å²) in [5.74, 6) is 0.733. The normalized spacial score (nSPS) is 15.8. The van der Waals surface area contributed by atoms with E-state index in [9.17, 15) is 0 Å². The largest absolute Gasteiger partial charge is 0.353 e. The zero-order valence-corrected chi connectivity index (χ0v) is 8.40. The van der Waals surface area contributed by atoms with Gasteiger partial charge in [-0.25, -0.2) is 4.68 Å². The first-order valence-electron chi connectivity index (χ1n) is 5.06. The van der Waals surface area contributed by atoms with Crippen LogP contribution in [0.3, 0.4) is 0 Å². The van der Waals surface area contributed by atoms with Gasteiger partial charge >= 0.3 is 0 Å². The monoisotopic (exact) mass is 196 g/mol. The smallest absolute Gasteiger partial charge is 0.242 e. The van der Waals surface area contributed by atoms with Crippen molar-refractivity contribution in [3.8, 4) is 0 Å². The van der Waals surface area contributed by atoms with Crippen LogP contribution in [-0.4, -0.2) is 39.3 Å². The fourth-order valence-corrected chi connectivity index (χ4v) is 1.26. The number of anilines is 1. The highest BCUT2D eigenvalue weighted by Gasteiger charge is 2.19. The molecule has 6 heteroatoms. The quantitative estimate of drug-likeness (QED) is 0.615. The molecule has 0 atom stereocenters. The summed E-state index contributed by atoms with van der Waals surface area (Å²) >= 11 is 0. The molecule has 1 aliphatic carbocycles. The van der Waals surface area contributed by atoms with Crippen LogP contribution in [0.15, 0.2) is 0 Å². The van der Waals surface area contributed by atoms with Crippen molar-refractivity contribution in [2.75, 3.05) is 18.4 Å². The van der Waals surface area contributed by atoms with Crippen molar-refractivity contribution in [3.63, 3.8) is 0 Å². The molecule has 1 aromatic rings. The first-order valence-corrected chi connectivity index (χ1v) is 5.06. The lowest BCUT2D eigenvalue weighted by atomic mass is 10.4. The van der Waals surface area contributed by atoms with Gasteiger partial charge in [0.25, 0.3) is 0 Å². The van der Waals surface area contributed by atoms with E-state index in [0.717, 1.165) is 31.5 Å². The van der Waals surface area contributed by atoms with Gasteiger partial charge in [-0.1, -0.05) is 5.10 Å². The standard InChI is InChI=1S/C8H16N6/c1-14-8(11-12-13-14)10-6-2-5-9-7-3-4-7/h7,9H,2-6H2,1H3,(H,10,11,13). The van der Waals surface area contributed by atoms with E-state index in [2.05, 4.69) is 26.2 Å². The Morgan fingerprint density at radius 2 is 2.29 bits per heavy atom. The van der Waals surface area contributed by atoms with E-state index >= 15 is 0 Å². The molecule has 2 rings (SSSR count). The minimum absolute atomic E-state index is 0.733. The average Bonchev–Trinajstić information content (AvgIpc) is 2.91. The topological polar surface area (TPSA) is 67.7 Å². The Morgan fingerprint density at radius 3 is 2.93 bits per heavy atom. The van der Waals surface area contributed by atoms with E-state index in [1.807, 2.05) is 7.05 Å². The molecule has 1 aromatic heterocycles. The second-order valence-electron chi connectivity index (χ2n) is 3.63. The van der Waals surface area contributed by atoms with Gasteiger partial charge in [-0.15, -0.1) is 0 Å². The second kappa shape index (κ2) is 4.36. The number of hydrogen-bond donors (Lipinski definition) is 2. The van der Waals surface area contributed by atoms with Crippen LogP contribution < -0.4 is 10.6 Å². The first-order chi connectivity index (χ1) is 6.86. The van der Waals surface area contributed by atoms with Crippen LogP contribution in [0.25, 0.3) is 0 Å². The lowest BCUT2D eigenvalue weighted by molar-refractivity contribution is 0.654. The predicted molar refractivity (Wildman–Crippen MR) is 52.9 cm³/mol. The number of aromatic nitrogens is 4. The zero-order chi connectivity index (χ0) is 9.80. The van der Waals surface area contributed by atoms with Crippen LogP contribution in [-0.2, 0) is 7.05 Å². The van der Waals surface area contributed by atoms with Crippen molar-refractivity contribution in [1.82, 2.24) is 25.5 Å². The average molecular weight is 196 g/mol. The molecule has 0 bridgehead atoms. The molecule has 2 N–H and O–H groups in total. The predicted octanol–water partition coefficient (Wildman–Crippen LogP) is -0.236. The number of nitrogens with zero attached hydrogens (tertiary/aromatic N) is 4. The molecule has 1 saturated carbocycles. The van der Waals surface area contributed by atoms with E-state index in [1.165, 1.54) is 12.8 Å². The Hall–Kier alpha value is -1.17.